The zero-order chi connectivity index (χ0) is 17.6. The molecular weight excluding hydrogens is 335 g/mol. The lowest BCUT2D eigenvalue weighted by Crippen LogP contribution is -2.39. The second kappa shape index (κ2) is 6.46. The third-order valence-electron chi connectivity index (χ3n) is 6.31. The number of halogens is 1. The van der Waals surface area contributed by atoms with E-state index in [4.69, 9.17) is 4.74 Å². The van der Waals surface area contributed by atoms with Crippen LogP contribution in [0.4, 0.5) is 4.39 Å². The lowest BCUT2D eigenvalue weighted by molar-refractivity contribution is -0.144. The van der Waals surface area contributed by atoms with E-state index in [1.807, 2.05) is 6.07 Å². The number of hydrogen-bond acceptors (Lipinski definition) is 3. The Hall–Kier alpha value is -1.29. The molecule has 0 bridgehead atoms. The first kappa shape index (κ1) is 17.1. The van der Waals surface area contributed by atoms with Crippen molar-refractivity contribution in [1.29, 1.82) is 0 Å². The maximum absolute atomic E-state index is 13.4. The Balaban J connectivity index is 1.54. The number of rotatable bonds is 3. The third-order valence-corrected chi connectivity index (χ3v) is 7.42. The average Bonchev–Trinajstić information content (AvgIpc) is 2.85. The molecular formula is C21H25FO2S. The summed E-state index contributed by atoms with van der Waals surface area (Å²) < 4.78 is 19.1. The van der Waals surface area contributed by atoms with Gasteiger partial charge in [-0.05, 0) is 48.8 Å². The molecule has 1 aliphatic heterocycles. The Morgan fingerprint density at radius 3 is 3.04 bits per heavy atom. The summed E-state index contributed by atoms with van der Waals surface area (Å²) in [5.41, 5.74) is 1.74. The summed E-state index contributed by atoms with van der Waals surface area (Å²) in [5.74, 6) is 1.00. The molecule has 1 heterocycles. The minimum atomic E-state index is -0.233. The average molecular weight is 360 g/mol. The summed E-state index contributed by atoms with van der Waals surface area (Å²) in [6.45, 7) is 4.66. The molecule has 3 aliphatic rings. The van der Waals surface area contributed by atoms with Gasteiger partial charge in [-0.1, -0.05) is 38.0 Å². The van der Waals surface area contributed by atoms with Crippen molar-refractivity contribution in [3.05, 3.63) is 41.7 Å². The quantitative estimate of drug-likeness (QED) is 0.419. The molecule has 1 aromatic rings. The van der Waals surface area contributed by atoms with E-state index in [1.54, 1.807) is 23.4 Å². The van der Waals surface area contributed by atoms with Crippen LogP contribution in [0.25, 0.3) is 0 Å². The number of allylic oxidation sites excluding steroid dienone is 1. The van der Waals surface area contributed by atoms with E-state index in [2.05, 4.69) is 19.9 Å². The standard InChI is InChI=1S/C21H25FO2S/c1-13-5-4-8-21(2)11-19-16(10-18(13)21)17(20(23)24-19)12-25-15-7-3-6-14(22)9-15/h3,6-7,9-10,13,16-17,19H,4-5,8,11-12H2,1-2H3. The lowest BCUT2D eigenvalue weighted by Gasteiger charge is -2.46. The fourth-order valence-electron chi connectivity index (χ4n) is 4.98. The molecule has 0 N–H and O–H groups in total. The van der Waals surface area contributed by atoms with Gasteiger partial charge in [-0.25, -0.2) is 4.39 Å². The molecule has 2 aliphatic carbocycles. The molecule has 1 aromatic carbocycles. The van der Waals surface area contributed by atoms with E-state index in [9.17, 15) is 9.18 Å². The van der Waals surface area contributed by atoms with Crippen LogP contribution in [0.15, 0.2) is 40.8 Å². The first-order chi connectivity index (χ1) is 12.0. The second-order valence-electron chi connectivity index (χ2n) is 8.11. The number of fused-ring (bicyclic) bond motifs is 2. The molecule has 134 valence electrons. The van der Waals surface area contributed by atoms with Gasteiger partial charge >= 0.3 is 5.97 Å². The zero-order valence-corrected chi connectivity index (χ0v) is 15.7. The van der Waals surface area contributed by atoms with Gasteiger partial charge in [-0.3, -0.25) is 4.79 Å². The van der Waals surface area contributed by atoms with Crippen molar-refractivity contribution in [3.8, 4) is 0 Å². The minimum Gasteiger partial charge on any atom is -0.461 e. The number of ether oxygens (including phenoxy) is 1. The van der Waals surface area contributed by atoms with Crippen LogP contribution in [0.1, 0.15) is 39.5 Å². The molecule has 0 spiro atoms. The normalized spacial score (nSPS) is 37.1. The van der Waals surface area contributed by atoms with Crippen LogP contribution in [0.5, 0.6) is 0 Å². The number of carbonyl (C=O) groups is 1. The van der Waals surface area contributed by atoms with Crippen LogP contribution in [0.2, 0.25) is 0 Å². The second-order valence-corrected chi connectivity index (χ2v) is 9.20. The Labute approximate surface area is 153 Å². The topological polar surface area (TPSA) is 26.3 Å². The highest BCUT2D eigenvalue weighted by Crippen LogP contribution is 2.54. The van der Waals surface area contributed by atoms with Gasteiger partial charge in [-0.15, -0.1) is 11.8 Å². The van der Waals surface area contributed by atoms with Gasteiger partial charge in [0, 0.05) is 16.6 Å². The predicted octanol–water partition coefficient (Wildman–Crippen LogP) is 5.23. The van der Waals surface area contributed by atoms with Crippen LogP contribution in [-0.2, 0) is 9.53 Å². The molecule has 2 fully saturated rings. The van der Waals surface area contributed by atoms with Gasteiger partial charge < -0.3 is 4.74 Å². The van der Waals surface area contributed by atoms with Crippen molar-refractivity contribution in [2.45, 2.75) is 50.5 Å². The fraction of sp³-hybridized carbons (Fsp3) is 0.571. The SMILES string of the molecule is CC1CCCC2(C)CC3OC(=O)C(CSc4cccc(F)c4)C3C=C12. The van der Waals surface area contributed by atoms with Crippen molar-refractivity contribution in [3.63, 3.8) is 0 Å². The summed E-state index contributed by atoms with van der Waals surface area (Å²) in [6.07, 6.45) is 7.06. The highest BCUT2D eigenvalue weighted by Gasteiger charge is 2.51. The van der Waals surface area contributed by atoms with Gasteiger partial charge in [0.25, 0.3) is 0 Å². The van der Waals surface area contributed by atoms with Gasteiger partial charge in [0.15, 0.2) is 0 Å². The van der Waals surface area contributed by atoms with Crippen LogP contribution in [0, 0.1) is 29.0 Å². The Bertz CT molecular complexity index is 716. The van der Waals surface area contributed by atoms with Gasteiger partial charge in [0.05, 0.1) is 5.92 Å². The molecule has 4 rings (SSSR count). The summed E-state index contributed by atoms with van der Waals surface area (Å²) in [5, 5.41) is 0. The van der Waals surface area contributed by atoms with Crippen LogP contribution < -0.4 is 0 Å². The smallest absolute Gasteiger partial charge is 0.310 e. The van der Waals surface area contributed by atoms with Crippen molar-refractivity contribution in [2.24, 2.45) is 23.2 Å². The summed E-state index contributed by atoms with van der Waals surface area (Å²) in [6, 6.07) is 6.58. The Morgan fingerprint density at radius 1 is 1.40 bits per heavy atom. The maximum Gasteiger partial charge on any atom is 0.310 e. The number of hydrogen-bond donors (Lipinski definition) is 0. The molecule has 5 unspecified atom stereocenters. The van der Waals surface area contributed by atoms with Crippen molar-refractivity contribution in [1.82, 2.24) is 0 Å². The lowest BCUT2D eigenvalue weighted by atomic mass is 9.59. The molecule has 2 nitrogen and oxygen atoms in total. The number of esters is 1. The maximum atomic E-state index is 13.4. The summed E-state index contributed by atoms with van der Waals surface area (Å²) >= 11 is 1.55. The van der Waals surface area contributed by atoms with Gasteiger partial charge in [0.1, 0.15) is 11.9 Å². The highest BCUT2D eigenvalue weighted by atomic mass is 32.2. The van der Waals surface area contributed by atoms with Crippen molar-refractivity contribution < 1.29 is 13.9 Å². The van der Waals surface area contributed by atoms with E-state index in [0.29, 0.717) is 11.7 Å². The van der Waals surface area contributed by atoms with E-state index in [-0.39, 0.29) is 35.1 Å². The molecule has 1 saturated carbocycles. The molecule has 0 aromatic heterocycles. The van der Waals surface area contributed by atoms with E-state index in [1.165, 1.54) is 31.4 Å². The predicted molar refractivity (Wildman–Crippen MR) is 97.8 cm³/mol. The molecule has 0 radical (unpaired) electrons. The largest absolute Gasteiger partial charge is 0.461 e. The van der Waals surface area contributed by atoms with E-state index >= 15 is 0 Å². The van der Waals surface area contributed by atoms with E-state index in [0.717, 1.165) is 11.3 Å². The summed E-state index contributed by atoms with van der Waals surface area (Å²) in [4.78, 5) is 13.4. The zero-order valence-electron chi connectivity index (χ0n) is 14.8. The van der Waals surface area contributed by atoms with Gasteiger partial charge in [-0.2, -0.15) is 0 Å². The molecule has 0 amide bonds. The van der Waals surface area contributed by atoms with Crippen LogP contribution >= 0.6 is 11.8 Å². The van der Waals surface area contributed by atoms with E-state index < -0.39 is 0 Å². The number of benzene rings is 1. The Kier molecular flexibility index (Phi) is 4.43. The first-order valence-electron chi connectivity index (χ1n) is 9.27. The Morgan fingerprint density at radius 2 is 2.24 bits per heavy atom. The first-order valence-corrected chi connectivity index (χ1v) is 10.3. The number of carbonyl (C=O) groups excluding carboxylic acids is 1. The van der Waals surface area contributed by atoms with Crippen molar-refractivity contribution in [2.75, 3.05) is 5.75 Å². The number of thioether (sulfide) groups is 1. The molecule has 25 heavy (non-hydrogen) atoms. The third kappa shape index (κ3) is 3.14. The molecule has 1 saturated heterocycles. The van der Waals surface area contributed by atoms with Gasteiger partial charge in [0.2, 0.25) is 0 Å². The summed E-state index contributed by atoms with van der Waals surface area (Å²) in [7, 11) is 0. The molecule has 4 heteroatoms. The van der Waals surface area contributed by atoms with Crippen LogP contribution in [-0.4, -0.2) is 17.8 Å². The molecule has 5 atom stereocenters. The fourth-order valence-corrected chi connectivity index (χ4v) is 6.09. The minimum absolute atomic E-state index is 0.0182. The highest BCUT2D eigenvalue weighted by molar-refractivity contribution is 7.99. The monoisotopic (exact) mass is 360 g/mol. The van der Waals surface area contributed by atoms with Crippen LogP contribution in [0.3, 0.4) is 0 Å². The van der Waals surface area contributed by atoms with Crippen molar-refractivity contribution >= 4 is 17.7 Å².